The van der Waals surface area contributed by atoms with E-state index in [1.54, 1.807) is 0 Å². The second kappa shape index (κ2) is 9.48. The summed E-state index contributed by atoms with van der Waals surface area (Å²) in [6.07, 6.45) is 5.80. The van der Waals surface area contributed by atoms with E-state index in [4.69, 9.17) is 9.84 Å². The van der Waals surface area contributed by atoms with Crippen molar-refractivity contribution in [3.8, 4) is 0 Å². The van der Waals surface area contributed by atoms with Gasteiger partial charge in [-0.15, -0.1) is 0 Å². The molecular formula is C18H36N2O3. The fourth-order valence-corrected chi connectivity index (χ4v) is 3.25. The molecule has 0 saturated carbocycles. The van der Waals surface area contributed by atoms with Gasteiger partial charge in [0.1, 0.15) is 5.60 Å². The number of nitrogens with one attached hydrogen (secondary N) is 1. The highest BCUT2D eigenvalue weighted by Crippen LogP contribution is 2.23. The van der Waals surface area contributed by atoms with Gasteiger partial charge in [-0.25, -0.2) is 4.79 Å². The highest BCUT2D eigenvalue weighted by Gasteiger charge is 2.31. The number of rotatable bonds is 7. The first kappa shape index (κ1) is 20.2. The lowest BCUT2D eigenvalue weighted by Crippen LogP contribution is -2.49. The van der Waals surface area contributed by atoms with E-state index in [0.29, 0.717) is 12.1 Å². The van der Waals surface area contributed by atoms with Gasteiger partial charge in [0.15, 0.2) is 0 Å². The van der Waals surface area contributed by atoms with Gasteiger partial charge in [0.25, 0.3) is 0 Å². The van der Waals surface area contributed by atoms with Crippen molar-refractivity contribution < 1.29 is 14.6 Å². The number of carbonyl (C=O) groups is 1. The van der Waals surface area contributed by atoms with E-state index >= 15 is 0 Å². The van der Waals surface area contributed by atoms with E-state index in [1.165, 1.54) is 6.42 Å². The summed E-state index contributed by atoms with van der Waals surface area (Å²) in [5.41, 5.74) is -0.447. The van der Waals surface area contributed by atoms with Crippen LogP contribution in [-0.4, -0.2) is 53.0 Å². The van der Waals surface area contributed by atoms with Crippen LogP contribution in [-0.2, 0) is 4.74 Å². The maximum absolute atomic E-state index is 12.4. The minimum atomic E-state index is -0.447. The van der Waals surface area contributed by atoms with E-state index in [2.05, 4.69) is 19.2 Å². The Bertz CT molecular complexity index is 355. The number of piperidine rings is 1. The van der Waals surface area contributed by atoms with E-state index < -0.39 is 5.60 Å². The van der Waals surface area contributed by atoms with Gasteiger partial charge in [-0.2, -0.15) is 0 Å². The highest BCUT2D eigenvalue weighted by molar-refractivity contribution is 5.68. The van der Waals surface area contributed by atoms with Crippen LogP contribution in [0.25, 0.3) is 0 Å². The van der Waals surface area contributed by atoms with Gasteiger partial charge in [-0.3, -0.25) is 0 Å². The third-order valence-corrected chi connectivity index (χ3v) is 4.37. The van der Waals surface area contributed by atoms with Crippen molar-refractivity contribution >= 4 is 6.09 Å². The molecule has 5 nitrogen and oxygen atoms in total. The molecule has 1 aliphatic heterocycles. The van der Waals surface area contributed by atoms with E-state index in [0.717, 1.165) is 38.6 Å². The largest absolute Gasteiger partial charge is 0.444 e. The van der Waals surface area contributed by atoms with Gasteiger partial charge in [-0.05, 0) is 66.2 Å². The number of likely N-dealkylation sites (tertiary alicyclic amines) is 1. The summed E-state index contributed by atoms with van der Waals surface area (Å²) in [5.74, 6) is 0. The van der Waals surface area contributed by atoms with Crippen LogP contribution in [0.15, 0.2) is 0 Å². The summed E-state index contributed by atoms with van der Waals surface area (Å²) in [4.78, 5) is 14.4. The molecule has 23 heavy (non-hydrogen) atoms. The molecular weight excluding hydrogens is 292 g/mol. The first-order valence-electron chi connectivity index (χ1n) is 9.13. The number of aliphatic hydroxyl groups excluding tert-OH is 1. The van der Waals surface area contributed by atoms with Crippen molar-refractivity contribution in [2.45, 2.75) is 96.9 Å². The molecule has 1 fully saturated rings. The van der Waals surface area contributed by atoms with Crippen molar-refractivity contribution in [2.24, 2.45) is 0 Å². The monoisotopic (exact) mass is 328 g/mol. The Morgan fingerprint density at radius 2 is 2.09 bits per heavy atom. The third-order valence-electron chi connectivity index (χ3n) is 4.37. The average Bonchev–Trinajstić information content (AvgIpc) is 2.45. The van der Waals surface area contributed by atoms with Crippen molar-refractivity contribution in [1.29, 1.82) is 0 Å². The minimum absolute atomic E-state index is 0.184. The molecule has 0 aromatic carbocycles. The molecule has 3 atom stereocenters. The van der Waals surface area contributed by atoms with Gasteiger partial charge >= 0.3 is 6.09 Å². The Balaban J connectivity index is 2.58. The predicted molar refractivity (Wildman–Crippen MR) is 93.6 cm³/mol. The fourth-order valence-electron chi connectivity index (χ4n) is 3.25. The Morgan fingerprint density at radius 3 is 2.65 bits per heavy atom. The summed E-state index contributed by atoms with van der Waals surface area (Å²) in [6.45, 7) is 11.0. The van der Waals surface area contributed by atoms with Crippen LogP contribution in [0.4, 0.5) is 4.79 Å². The molecule has 2 N–H and O–H groups in total. The predicted octanol–water partition coefficient (Wildman–Crippen LogP) is 3.31. The molecule has 1 aliphatic rings. The van der Waals surface area contributed by atoms with E-state index in [-0.39, 0.29) is 18.7 Å². The Morgan fingerprint density at radius 1 is 1.39 bits per heavy atom. The molecule has 0 bridgehead atoms. The topological polar surface area (TPSA) is 61.8 Å². The zero-order chi connectivity index (χ0) is 17.5. The molecule has 0 radical (unpaired) electrons. The van der Waals surface area contributed by atoms with Crippen LogP contribution in [0.1, 0.15) is 73.1 Å². The summed E-state index contributed by atoms with van der Waals surface area (Å²) >= 11 is 0. The van der Waals surface area contributed by atoms with Crippen LogP contribution in [0.5, 0.6) is 0 Å². The minimum Gasteiger partial charge on any atom is -0.444 e. The summed E-state index contributed by atoms with van der Waals surface area (Å²) in [7, 11) is 0. The lowest BCUT2D eigenvalue weighted by molar-refractivity contribution is 0.00775. The van der Waals surface area contributed by atoms with E-state index in [9.17, 15) is 4.79 Å². The fraction of sp³-hybridized carbons (Fsp3) is 0.944. The normalized spacial score (nSPS) is 21.8. The number of ether oxygens (including phenoxy) is 1. The van der Waals surface area contributed by atoms with Crippen LogP contribution in [0, 0.1) is 0 Å². The number of hydrogen-bond donors (Lipinski definition) is 2. The van der Waals surface area contributed by atoms with Gasteiger partial charge < -0.3 is 20.1 Å². The summed E-state index contributed by atoms with van der Waals surface area (Å²) in [5, 5.41) is 12.7. The van der Waals surface area contributed by atoms with Crippen LogP contribution in [0.2, 0.25) is 0 Å². The molecule has 1 heterocycles. The first-order valence-corrected chi connectivity index (χ1v) is 9.13. The van der Waals surface area contributed by atoms with Gasteiger partial charge in [-0.1, -0.05) is 6.92 Å². The van der Waals surface area contributed by atoms with Crippen LogP contribution in [0.3, 0.4) is 0 Å². The molecule has 0 aromatic heterocycles. The lowest BCUT2D eigenvalue weighted by Gasteiger charge is -2.38. The van der Waals surface area contributed by atoms with Crippen molar-refractivity contribution in [3.63, 3.8) is 0 Å². The molecule has 1 rings (SSSR count). The molecule has 0 aliphatic carbocycles. The molecule has 0 spiro atoms. The molecule has 0 aromatic rings. The third kappa shape index (κ3) is 7.53. The Kier molecular flexibility index (Phi) is 8.34. The first-order chi connectivity index (χ1) is 10.8. The van der Waals surface area contributed by atoms with Crippen molar-refractivity contribution in [2.75, 3.05) is 13.2 Å². The van der Waals surface area contributed by atoms with Crippen molar-refractivity contribution in [3.05, 3.63) is 0 Å². The lowest BCUT2D eigenvalue weighted by atomic mass is 9.96. The maximum atomic E-state index is 12.4. The number of hydrogen-bond acceptors (Lipinski definition) is 4. The van der Waals surface area contributed by atoms with Gasteiger partial charge in [0.2, 0.25) is 0 Å². The zero-order valence-electron chi connectivity index (χ0n) is 15.6. The molecule has 1 amide bonds. The Hall–Kier alpha value is -0.810. The number of carbonyl (C=O) groups excluding carboxylic acids is 1. The Labute approximate surface area is 141 Å². The van der Waals surface area contributed by atoms with Crippen molar-refractivity contribution in [1.82, 2.24) is 10.2 Å². The second-order valence-corrected chi connectivity index (χ2v) is 7.74. The second-order valence-electron chi connectivity index (χ2n) is 7.74. The maximum Gasteiger partial charge on any atom is 0.410 e. The smallest absolute Gasteiger partial charge is 0.410 e. The molecule has 136 valence electrons. The zero-order valence-corrected chi connectivity index (χ0v) is 15.6. The van der Waals surface area contributed by atoms with Gasteiger partial charge in [0.05, 0.1) is 0 Å². The SMILES string of the molecule is CCC(CCO)NC(C)CC1CCCCN1C(=O)OC(C)(C)C. The standard InChI is InChI=1S/C18H36N2O3/c1-6-15(10-12-21)19-14(2)13-16-9-7-8-11-20(16)17(22)23-18(3,4)5/h14-16,19,21H,6-13H2,1-5H3. The van der Waals surface area contributed by atoms with Gasteiger partial charge in [0, 0.05) is 31.3 Å². The molecule has 3 unspecified atom stereocenters. The molecule has 1 saturated heterocycles. The van der Waals surface area contributed by atoms with Crippen LogP contribution >= 0.6 is 0 Å². The summed E-state index contributed by atoms with van der Waals surface area (Å²) in [6, 6.07) is 0.904. The molecule has 5 heteroatoms. The quantitative estimate of drug-likeness (QED) is 0.753. The summed E-state index contributed by atoms with van der Waals surface area (Å²) < 4.78 is 5.56. The van der Waals surface area contributed by atoms with Crippen LogP contribution < -0.4 is 5.32 Å². The highest BCUT2D eigenvalue weighted by atomic mass is 16.6. The van der Waals surface area contributed by atoms with E-state index in [1.807, 2.05) is 25.7 Å². The number of nitrogens with zero attached hydrogens (tertiary/aromatic N) is 1. The number of aliphatic hydroxyl groups is 1. The number of amides is 1. The average molecular weight is 328 g/mol.